The van der Waals surface area contributed by atoms with Crippen LogP contribution >= 0.6 is 0 Å². The van der Waals surface area contributed by atoms with Gasteiger partial charge in [-0.1, -0.05) is 30.3 Å². The standard InChI is InChI=1S/C9H7NO4/c11-9(14-10(12)13)7-6-8-4-2-1-3-5-8/h1-7H. The summed E-state index contributed by atoms with van der Waals surface area (Å²) in [5.74, 6) is -1.00. The van der Waals surface area contributed by atoms with Crippen molar-refractivity contribution in [3.63, 3.8) is 0 Å². The van der Waals surface area contributed by atoms with Crippen molar-refractivity contribution in [1.29, 1.82) is 0 Å². The third kappa shape index (κ3) is 3.48. The van der Waals surface area contributed by atoms with Crippen LogP contribution in [0.15, 0.2) is 36.4 Å². The minimum absolute atomic E-state index is 0.771. The van der Waals surface area contributed by atoms with Crippen molar-refractivity contribution in [2.45, 2.75) is 0 Å². The number of rotatable bonds is 3. The van der Waals surface area contributed by atoms with E-state index in [4.69, 9.17) is 0 Å². The predicted octanol–water partition coefficient (Wildman–Crippen LogP) is 1.43. The van der Waals surface area contributed by atoms with Crippen LogP contribution < -0.4 is 0 Å². The van der Waals surface area contributed by atoms with E-state index in [9.17, 15) is 14.9 Å². The molecule has 0 radical (unpaired) electrons. The molecule has 0 aromatic heterocycles. The normalized spacial score (nSPS) is 10.0. The molecule has 14 heavy (non-hydrogen) atoms. The number of benzene rings is 1. The van der Waals surface area contributed by atoms with E-state index in [1.54, 1.807) is 24.3 Å². The Morgan fingerprint density at radius 3 is 2.57 bits per heavy atom. The van der Waals surface area contributed by atoms with Gasteiger partial charge < -0.3 is 0 Å². The van der Waals surface area contributed by atoms with E-state index in [0.717, 1.165) is 11.6 Å². The van der Waals surface area contributed by atoms with Gasteiger partial charge in [-0.3, -0.25) is 4.79 Å². The van der Waals surface area contributed by atoms with E-state index in [-0.39, 0.29) is 0 Å². The Labute approximate surface area is 79.7 Å². The fourth-order valence-corrected chi connectivity index (χ4v) is 0.832. The van der Waals surface area contributed by atoms with Crippen LogP contribution in [-0.2, 0) is 9.63 Å². The zero-order chi connectivity index (χ0) is 10.4. The summed E-state index contributed by atoms with van der Waals surface area (Å²) in [6, 6.07) is 8.93. The minimum Gasteiger partial charge on any atom is -0.263 e. The van der Waals surface area contributed by atoms with Gasteiger partial charge in [-0.05, 0) is 11.6 Å². The van der Waals surface area contributed by atoms with Crippen LogP contribution in [0.25, 0.3) is 6.08 Å². The molecule has 0 amide bonds. The maximum absolute atomic E-state index is 10.7. The maximum atomic E-state index is 10.7. The van der Waals surface area contributed by atoms with E-state index in [0.29, 0.717) is 0 Å². The molecule has 5 heteroatoms. The lowest BCUT2D eigenvalue weighted by atomic mass is 10.2. The fourth-order valence-electron chi connectivity index (χ4n) is 0.832. The molecule has 0 aliphatic heterocycles. The van der Waals surface area contributed by atoms with Crippen molar-refractivity contribution in [2.75, 3.05) is 0 Å². The van der Waals surface area contributed by atoms with Crippen LogP contribution in [-0.4, -0.2) is 11.1 Å². The first-order valence-corrected chi connectivity index (χ1v) is 3.78. The average Bonchev–Trinajstić information content (AvgIpc) is 2.15. The second kappa shape index (κ2) is 4.76. The van der Waals surface area contributed by atoms with Crippen LogP contribution in [0.1, 0.15) is 5.56 Å². The highest BCUT2D eigenvalue weighted by molar-refractivity contribution is 5.86. The van der Waals surface area contributed by atoms with E-state index in [1.807, 2.05) is 6.07 Å². The lowest BCUT2D eigenvalue weighted by Crippen LogP contribution is -2.06. The molecular formula is C9H7NO4. The van der Waals surface area contributed by atoms with E-state index >= 15 is 0 Å². The number of hydrogen-bond donors (Lipinski definition) is 0. The maximum Gasteiger partial charge on any atom is 0.327 e. The molecule has 5 nitrogen and oxygen atoms in total. The van der Waals surface area contributed by atoms with Crippen LogP contribution in [0.4, 0.5) is 0 Å². The van der Waals surface area contributed by atoms with Crippen molar-refractivity contribution in [1.82, 2.24) is 0 Å². The van der Waals surface area contributed by atoms with Gasteiger partial charge in [-0.2, -0.15) is 0 Å². The van der Waals surface area contributed by atoms with Crippen molar-refractivity contribution >= 4 is 12.0 Å². The molecule has 1 rings (SSSR count). The number of carbonyl (C=O) groups excluding carboxylic acids is 1. The summed E-state index contributed by atoms with van der Waals surface area (Å²) in [7, 11) is 0. The van der Waals surface area contributed by atoms with Gasteiger partial charge in [-0.25, -0.2) is 4.84 Å². The molecule has 1 aromatic carbocycles. The van der Waals surface area contributed by atoms with Crippen molar-refractivity contribution < 1.29 is 14.7 Å². The number of nitrogens with zero attached hydrogens (tertiary/aromatic N) is 1. The van der Waals surface area contributed by atoms with Gasteiger partial charge in [0.05, 0.1) is 0 Å². The summed E-state index contributed by atoms with van der Waals surface area (Å²) in [5, 5.41) is 8.61. The zero-order valence-electron chi connectivity index (χ0n) is 7.12. The summed E-state index contributed by atoms with van der Waals surface area (Å²) in [6.45, 7) is 0. The second-order valence-corrected chi connectivity index (χ2v) is 2.38. The van der Waals surface area contributed by atoms with E-state index in [2.05, 4.69) is 4.84 Å². The molecule has 0 spiro atoms. The van der Waals surface area contributed by atoms with Gasteiger partial charge in [0, 0.05) is 6.08 Å². The van der Waals surface area contributed by atoms with Crippen LogP contribution in [0.5, 0.6) is 0 Å². The largest absolute Gasteiger partial charge is 0.327 e. The molecule has 0 fully saturated rings. The lowest BCUT2D eigenvalue weighted by molar-refractivity contribution is -0.728. The monoisotopic (exact) mass is 193 g/mol. The summed E-state index contributed by atoms with van der Waals surface area (Å²) in [6.07, 6.45) is 2.43. The Hall–Kier alpha value is -2.17. The molecule has 72 valence electrons. The van der Waals surface area contributed by atoms with E-state index in [1.165, 1.54) is 6.08 Å². The topological polar surface area (TPSA) is 69.4 Å². The smallest absolute Gasteiger partial charge is 0.263 e. The van der Waals surface area contributed by atoms with Crippen molar-refractivity contribution in [2.24, 2.45) is 0 Å². The molecule has 0 atom stereocenters. The average molecular weight is 193 g/mol. The van der Waals surface area contributed by atoms with Gasteiger partial charge in [0.1, 0.15) is 0 Å². The van der Waals surface area contributed by atoms with Crippen molar-refractivity contribution in [3.8, 4) is 0 Å². The van der Waals surface area contributed by atoms with Crippen LogP contribution in [0, 0.1) is 10.1 Å². The summed E-state index contributed by atoms with van der Waals surface area (Å²) in [4.78, 5) is 24.1. The van der Waals surface area contributed by atoms with Gasteiger partial charge >= 0.3 is 11.1 Å². The van der Waals surface area contributed by atoms with E-state index < -0.39 is 11.1 Å². The Morgan fingerprint density at radius 1 is 1.36 bits per heavy atom. The highest BCUT2D eigenvalue weighted by Gasteiger charge is 2.01. The number of hydrogen-bond acceptors (Lipinski definition) is 4. The summed E-state index contributed by atoms with van der Waals surface area (Å²) < 4.78 is 0. The summed E-state index contributed by atoms with van der Waals surface area (Å²) in [5.41, 5.74) is 0.771. The molecule has 0 saturated heterocycles. The molecular weight excluding hydrogens is 186 g/mol. The molecule has 0 bridgehead atoms. The molecule has 0 aliphatic rings. The van der Waals surface area contributed by atoms with Gasteiger partial charge in [-0.15, -0.1) is 10.1 Å². The molecule has 1 aromatic rings. The minimum atomic E-state index is -1.14. The fraction of sp³-hybridized carbons (Fsp3) is 0. The quantitative estimate of drug-likeness (QED) is 0.413. The predicted molar refractivity (Wildman–Crippen MR) is 48.6 cm³/mol. The Kier molecular flexibility index (Phi) is 3.37. The van der Waals surface area contributed by atoms with Crippen LogP contribution in [0.2, 0.25) is 0 Å². The third-order valence-corrected chi connectivity index (χ3v) is 1.38. The van der Waals surface area contributed by atoms with Gasteiger partial charge in [0.25, 0.3) is 0 Å². The van der Waals surface area contributed by atoms with Crippen LogP contribution in [0.3, 0.4) is 0 Å². The Bertz CT molecular complexity index is 358. The Morgan fingerprint density at radius 2 is 2.00 bits per heavy atom. The highest BCUT2D eigenvalue weighted by Crippen LogP contribution is 2.00. The molecule has 0 aliphatic carbocycles. The zero-order valence-corrected chi connectivity index (χ0v) is 7.12. The summed E-state index contributed by atoms with van der Waals surface area (Å²) >= 11 is 0. The Balaban J connectivity index is 2.56. The van der Waals surface area contributed by atoms with Gasteiger partial charge in [0.15, 0.2) is 0 Å². The lowest BCUT2D eigenvalue weighted by Gasteiger charge is -1.91. The number of carbonyl (C=O) groups is 1. The van der Waals surface area contributed by atoms with Gasteiger partial charge in [0.2, 0.25) is 0 Å². The first-order chi connectivity index (χ1) is 6.68. The molecule has 0 N–H and O–H groups in total. The first kappa shape index (κ1) is 9.91. The van der Waals surface area contributed by atoms with Crippen molar-refractivity contribution in [3.05, 3.63) is 52.1 Å². The molecule has 0 unspecified atom stereocenters. The molecule has 0 heterocycles. The SMILES string of the molecule is O=C(C=Cc1ccccc1)O[N+](=O)[O-]. The highest BCUT2D eigenvalue weighted by atomic mass is 17.0. The third-order valence-electron chi connectivity index (χ3n) is 1.38. The molecule has 0 saturated carbocycles. The second-order valence-electron chi connectivity index (χ2n) is 2.38. The first-order valence-electron chi connectivity index (χ1n) is 3.78.